The van der Waals surface area contributed by atoms with E-state index in [1.807, 2.05) is 49.4 Å². The van der Waals surface area contributed by atoms with Crippen LogP contribution in [0, 0.1) is 11.8 Å². The summed E-state index contributed by atoms with van der Waals surface area (Å²) in [5.41, 5.74) is 1.08. The van der Waals surface area contributed by atoms with Crippen molar-refractivity contribution in [3.63, 3.8) is 0 Å². The summed E-state index contributed by atoms with van der Waals surface area (Å²) < 4.78 is 0. The highest BCUT2D eigenvalue weighted by Crippen LogP contribution is 2.36. The van der Waals surface area contributed by atoms with Crippen LogP contribution in [0.15, 0.2) is 48.6 Å². The molecule has 1 fully saturated rings. The SMILES string of the molecule is CCNC(=O)CCCC=CCC1C(O)CC(O)C1C=CC(O)CCc1cccc(Cl)c1. The third-order valence-corrected chi connectivity index (χ3v) is 6.05. The maximum absolute atomic E-state index is 11.4. The highest BCUT2D eigenvalue weighted by Gasteiger charge is 2.39. The summed E-state index contributed by atoms with van der Waals surface area (Å²) in [6.07, 6.45) is 10.3. The number of benzene rings is 1. The van der Waals surface area contributed by atoms with Gasteiger partial charge in [-0.3, -0.25) is 4.79 Å². The standard InChI is InChI=1S/C25H36ClNO4/c1-2-27-25(31)11-6-4-3-5-10-21-22(24(30)17-23(21)29)15-14-20(28)13-12-18-8-7-9-19(26)16-18/h3,5,7-9,14-16,20-24,28-30H,2,4,6,10-13,17H2,1H3,(H,27,31). The van der Waals surface area contributed by atoms with Crippen LogP contribution in [0.1, 0.15) is 51.0 Å². The van der Waals surface area contributed by atoms with Crippen molar-refractivity contribution in [3.05, 3.63) is 59.2 Å². The van der Waals surface area contributed by atoms with Crippen molar-refractivity contribution in [2.45, 2.75) is 70.2 Å². The monoisotopic (exact) mass is 449 g/mol. The van der Waals surface area contributed by atoms with Crippen LogP contribution in [0.5, 0.6) is 0 Å². The molecule has 31 heavy (non-hydrogen) atoms. The zero-order chi connectivity index (χ0) is 22.6. The lowest BCUT2D eigenvalue weighted by molar-refractivity contribution is -0.121. The fraction of sp³-hybridized carbons (Fsp3) is 0.560. The lowest BCUT2D eigenvalue weighted by atomic mass is 9.89. The fourth-order valence-corrected chi connectivity index (χ4v) is 4.32. The molecule has 0 heterocycles. The Balaban J connectivity index is 1.79. The normalized spacial score (nSPS) is 24.8. The molecule has 6 heteroatoms. The molecule has 0 radical (unpaired) electrons. The molecule has 172 valence electrons. The number of allylic oxidation sites excluding steroid dienone is 2. The molecule has 1 aliphatic carbocycles. The number of nitrogens with one attached hydrogen (secondary N) is 1. The summed E-state index contributed by atoms with van der Waals surface area (Å²) in [4.78, 5) is 11.4. The van der Waals surface area contributed by atoms with Gasteiger partial charge in [0.05, 0.1) is 18.3 Å². The minimum absolute atomic E-state index is 0.0735. The molecular weight excluding hydrogens is 414 g/mol. The van der Waals surface area contributed by atoms with Gasteiger partial charge in [0.25, 0.3) is 0 Å². The van der Waals surface area contributed by atoms with Crippen LogP contribution < -0.4 is 5.32 Å². The van der Waals surface area contributed by atoms with Crippen LogP contribution in [0.3, 0.4) is 0 Å². The third-order valence-electron chi connectivity index (χ3n) is 5.81. The average Bonchev–Trinajstić information content (AvgIpc) is 3.00. The smallest absolute Gasteiger partial charge is 0.219 e. The maximum Gasteiger partial charge on any atom is 0.219 e. The molecule has 0 saturated heterocycles. The van der Waals surface area contributed by atoms with Crippen molar-refractivity contribution in [2.75, 3.05) is 6.54 Å². The lowest BCUT2D eigenvalue weighted by Crippen LogP contribution is -2.21. The van der Waals surface area contributed by atoms with Crippen molar-refractivity contribution in [2.24, 2.45) is 11.8 Å². The number of unbranched alkanes of at least 4 members (excludes halogenated alkanes) is 1. The molecule has 5 nitrogen and oxygen atoms in total. The second-order valence-corrected chi connectivity index (χ2v) is 8.72. The molecule has 1 saturated carbocycles. The van der Waals surface area contributed by atoms with E-state index in [0.29, 0.717) is 43.7 Å². The first-order valence-corrected chi connectivity index (χ1v) is 11.7. The van der Waals surface area contributed by atoms with E-state index in [4.69, 9.17) is 11.6 Å². The van der Waals surface area contributed by atoms with Gasteiger partial charge in [0.1, 0.15) is 0 Å². The first kappa shape index (κ1) is 25.6. The molecule has 1 aromatic rings. The van der Waals surface area contributed by atoms with Gasteiger partial charge in [0.15, 0.2) is 0 Å². The summed E-state index contributed by atoms with van der Waals surface area (Å²) in [6, 6.07) is 7.60. The molecule has 1 aliphatic rings. The predicted octanol–water partition coefficient (Wildman–Crippen LogP) is 3.80. The highest BCUT2D eigenvalue weighted by atomic mass is 35.5. The fourth-order valence-electron chi connectivity index (χ4n) is 4.10. The molecule has 5 atom stereocenters. The Morgan fingerprint density at radius 3 is 2.84 bits per heavy atom. The molecule has 1 amide bonds. The van der Waals surface area contributed by atoms with Crippen molar-refractivity contribution in [3.8, 4) is 0 Å². The zero-order valence-electron chi connectivity index (χ0n) is 18.3. The number of carbonyl (C=O) groups excluding carboxylic acids is 1. The molecule has 5 unspecified atom stereocenters. The van der Waals surface area contributed by atoms with Crippen molar-refractivity contribution < 1.29 is 20.1 Å². The van der Waals surface area contributed by atoms with E-state index >= 15 is 0 Å². The number of carbonyl (C=O) groups is 1. The summed E-state index contributed by atoms with van der Waals surface area (Å²) in [6.45, 7) is 2.56. The second-order valence-electron chi connectivity index (χ2n) is 8.29. The summed E-state index contributed by atoms with van der Waals surface area (Å²) in [7, 11) is 0. The largest absolute Gasteiger partial charge is 0.393 e. The van der Waals surface area contributed by atoms with Gasteiger partial charge in [0, 0.05) is 30.3 Å². The molecule has 0 spiro atoms. The molecule has 2 rings (SSSR count). The van der Waals surface area contributed by atoms with Crippen molar-refractivity contribution in [1.82, 2.24) is 5.32 Å². The number of aliphatic hydroxyl groups excluding tert-OH is 3. The molecule has 4 N–H and O–H groups in total. The average molecular weight is 450 g/mol. The highest BCUT2D eigenvalue weighted by molar-refractivity contribution is 6.30. The Morgan fingerprint density at radius 2 is 2.10 bits per heavy atom. The van der Waals surface area contributed by atoms with E-state index in [2.05, 4.69) is 5.32 Å². The number of rotatable bonds is 12. The predicted molar refractivity (Wildman–Crippen MR) is 125 cm³/mol. The first-order chi connectivity index (χ1) is 14.9. The van der Waals surface area contributed by atoms with Gasteiger partial charge >= 0.3 is 0 Å². The second kappa shape index (κ2) is 13.7. The summed E-state index contributed by atoms with van der Waals surface area (Å²) in [5, 5.41) is 34.5. The Morgan fingerprint density at radius 1 is 1.29 bits per heavy atom. The van der Waals surface area contributed by atoms with Crippen molar-refractivity contribution >= 4 is 17.5 Å². The zero-order valence-corrected chi connectivity index (χ0v) is 19.0. The summed E-state index contributed by atoms with van der Waals surface area (Å²) >= 11 is 6.00. The van der Waals surface area contributed by atoms with E-state index in [0.717, 1.165) is 18.4 Å². The Kier molecular flexibility index (Phi) is 11.3. The van der Waals surface area contributed by atoms with E-state index in [-0.39, 0.29) is 17.7 Å². The quantitative estimate of drug-likeness (QED) is 0.288. The van der Waals surface area contributed by atoms with E-state index in [1.54, 1.807) is 6.08 Å². The molecule has 1 aromatic carbocycles. The van der Waals surface area contributed by atoms with E-state index < -0.39 is 18.3 Å². The third kappa shape index (κ3) is 9.16. The maximum atomic E-state index is 11.4. The Labute approximate surface area is 190 Å². The number of amides is 1. The van der Waals surface area contributed by atoms with Gasteiger partial charge in [0.2, 0.25) is 5.91 Å². The van der Waals surface area contributed by atoms with Gasteiger partial charge in [-0.2, -0.15) is 0 Å². The van der Waals surface area contributed by atoms with Gasteiger partial charge in [-0.1, -0.05) is 48.0 Å². The van der Waals surface area contributed by atoms with Crippen molar-refractivity contribution in [1.29, 1.82) is 0 Å². The van der Waals surface area contributed by atoms with Gasteiger partial charge < -0.3 is 20.6 Å². The first-order valence-electron chi connectivity index (χ1n) is 11.3. The number of hydrogen-bond donors (Lipinski definition) is 4. The van der Waals surface area contributed by atoms with Crippen LogP contribution in [-0.2, 0) is 11.2 Å². The molecule has 0 bridgehead atoms. The van der Waals surface area contributed by atoms with Gasteiger partial charge in [-0.05, 0) is 62.6 Å². The van der Waals surface area contributed by atoms with E-state index in [9.17, 15) is 20.1 Å². The Bertz CT molecular complexity index is 736. The topological polar surface area (TPSA) is 89.8 Å². The Hall–Kier alpha value is -1.66. The van der Waals surface area contributed by atoms with Crippen LogP contribution >= 0.6 is 11.6 Å². The van der Waals surface area contributed by atoms with Crippen LogP contribution in [-0.4, -0.2) is 46.1 Å². The minimum atomic E-state index is -0.616. The number of hydrogen-bond acceptors (Lipinski definition) is 4. The molecule has 0 aromatic heterocycles. The van der Waals surface area contributed by atoms with E-state index in [1.165, 1.54) is 0 Å². The number of aliphatic hydroxyl groups is 3. The number of halogens is 1. The molecular formula is C25H36ClNO4. The van der Waals surface area contributed by atoms with Crippen LogP contribution in [0.4, 0.5) is 0 Å². The van der Waals surface area contributed by atoms with Gasteiger partial charge in [-0.25, -0.2) is 0 Å². The molecule has 0 aliphatic heterocycles. The minimum Gasteiger partial charge on any atom is -0.393 e. The van der Waals surface area contributed by atoms with Crippen LogP contribution in [0.25, 0.3) is 0 Å². The number of aryl methyl sites for hydroxylation is 1. The summed E-state index contributed by atoms with van der Waals surface area (Å²) in [5.74, 6) is -0.189. The lowest BCUT2D eigenvalue weighted by Gasteiger charge is -2.19. The van der Waals surface area contributed by atoms with Gasteiger partial charge in [-0.15, -0.1) is 0 Å². The van der Waals surface area contributed by atoms with Crippen LogP contribution in [0.2, 0.25) is 5.02 Å².